The zero-order valence-corrected chi connectivity index (χ0v) is 19.6. The summed E-state index contributed by atoms with van der Waals surface area (Å²) < 4.78 is 11.6. The Morgan fingerprint density at radius 3 is 2.52 bits per heavy atom. The highest BCUT2D eigenvalue weighted by atomic mass is 16.5. The van der Waals surface area contributed by atoms with Gasteiger partial charge in [0.2, 0.25) is 5.88 Å². The molecular weight excluding hydrogens is 414 g/mol. The van der Waals surface area contributed by atoms with E-state index in [0.29, 0.717) is 24.9 Å². The molecule has 2 aliphatic rings. The molecular formula is C27H31N3O3. The second kappa shape index (κ2) is 8.67. The van der Waals surface area contributed by atoms with Crippen LogP contribution in [0.15, 0.2) is 53.1 Å². The number of nitrogens with zero attached hydrogens (tertiary/aromatic N) is 2. The molecule has 0 bridgehead atoms. The van der Waals surface area contributed by atoms with Crippen molar-refractivity contribution >= 4 is 11.9 Å². The van der Waals surface area contributed by atoms with Gasteiger partial charge in [-0.05, 0) is 56.7 Å². The molecule has 6 nitrogen and oxygen atoms in total. The van der Waals surface area contributed by atoms with Gasteiger partial charge in [0.15, 0.2) is 0 Å². The quantitative estimate of drug-likeness (QED) is 0.550. The lowest BCUT2D eigenvalue weighted by Gasteiger charge is -2.38. The largest absolute Gasteiger partial charge is 0.374 e. The number of hydrogen-bond donors (Lipinski definition) is 1. The topological polar surface area (TPSA) is 67.6 Å². The summed E-state index contributed by atoms with van der Waals surface area (Å²) in [4.78, 5) is 14.5. The third-order valence-electron chi connectivity index (χ3n) is 7.29. The van der Waals surface area contributed by atoms with E-state index in [1.807, 2.05) is 18.7 Å². The Labute approximate surface area is 194 Å². The number of aryl methyl sites for hydroxylation is 2. The van der Waals surface area contributed by atoms with Crippen LogP contribution in [0.1, 0.15) is 47.6 Å². The van der Waals surface area contributed by atoms with Crippen LogP contribution in [0.25, 0.3) is 11.1 Å². The minimum atomic E-state index is -0.139. The number of urea groups is 1. The first-order valence-corrected chi connectivity index (χ1v) is 11.7. The molecule has 0 aliphatic carbocycles. The fourth-order valence-corrected chi connectivity index (χ4v) is 4.95. The molecule has 2 amide bonds. The summed E-state index contributed by atoms with van der Waals surface area (Å²) in [6.07, 6.45) is 2.70. The Morgan fingerprint density at radius 1 is 1.06 bits per heavy atom. The van der Waals surface area contributed by atoms with Gasteiger partial charge in [0, 0.05) is 24.6 Å². The fourth-order valence-electron chi connectivity index (χ4n) is 4.95. The molecule has 3 heterocycles. The molecule has 0 unspecified atom stereocenters. The van der Waals surface area contributed by atoms with E-state index in [1.165, 1.54) is 22.3 Å². The van der Waals surface area contributed by atoms with E-state index in [1.54, 1.807) is 0 Å². The van der Waals surface area contributed by atoms with Crippen LogP contribution in [0.2, 0.25) is 0 Å². The first-order chi connectivity index (χ1) is 15.9. The number of aromatic nitrogens is 1. The molecule has 33 heavy (non-hydrogen) atoms. The lowest BCUT2D eigenvalue weighted by atomic mass is 9.83. The molecule has 3 aromatic rings. The van der Waals surface area contributed by atoms with E-state index >= 15 is 0 Å². The lowest BCUT2D eigenvalue weighted by Crippen LogP contribution is -2.47. The average Bonchev–Trinajstić information content (AvgIpc) is 3.39. The molecule has 2 fully saturated rings. The van der Waals surface area contributed by atoms with Crippen molar-refractivity contribution in [2.24, 2.45) is 0 Å². The van der Waals surface area contributed by atoms with Gasteiger partial charge in [-0.25, -0.2) is 4.79 Å². The molecule has 172 valence electrons. The molecule has 5 rings (SSSR count). The summed E-state index contributed by atoms with van der Waals surface area (Å²) in [5.74, 6) is 0.819. The van der Waals surface area contributed by atoms with Crippen LogP contribution < -0.4 is 5.32 Å². The standard InChI is InChI=1S/C27H31N3O3/c1-18-7-9-21(10-8-18)22-5-4-6-23(15-22)24-16-27(32-17-24)11-13-30(14-12-27)26(31)28-25-19(2)20(3)29-33-25/h4-10,15,24H,11-14,16-17H2,1-3H3,(H,28,31)/t24-/m1/s1. The number of anilines is 1. The molecule has 0 saturated carbocycles. The molecule has 6 heteroatoms. The lowest BCUT2D eigenvalue weighted by molar-refractivity contribution is -0.0355. The van der Waals surface area contributed by atoms with Crippen molar-refractivity contribution in [3.63, 3.8) is 0 Å². The Hall–Kier alpha value is -3.12. The summed E-state index contributed by atoms with van der Waals surface area (Å²) in [6.45, 7) is 7.96. The maximum atomic E-state index is 12.7. The van der Waals surface area contributed by atoms with Crippen LogP contribution >= 0.6 is 0 Å². The van der Waals surface area contributed by atoms with Crippen LogP contribution in [0.3, 0.4) is 0 Å². The highest BCUT2D eigenvalue weighted by Gasteiger charge is 2.44. The second-order valence-corrected chi connectivity index (χ2v) is 9.53. The molecule has 2 saturated heterocycles. The Bertz CT molecular complexity index is 1140. The number of carbonyl (C=O) groups excluding carboxylic acids is 1. The van der Waals surface area contributed by atoms with Gasteiger partial charge in [-0.15, -0.1) is 0 Å². The molecule has 2 aromatic carbocycles. The van der Waals surface area contributed by atoms with E-state index in [2.05, 4.69) is 65.9 Å². The van der Waals surface area contributed by atoms with E-state index in [-0.39, 0.29) is 11.6 Å². The first-order valence-electron chi connectivity index (χ1n) is 11.7. The maximum Gasteiger partial charge on any atom is 0.324 e. The van der Waals surface area contributed by atoms with Crippen molar-refractivity contribution < 1.29 is 14.1 Å². The van der Waals surface area contributed by atoms with E-state index < -0.39 is 0 Å². The third-order valence-corrected chi connectivity index (χ3v) is 7.29. The number of amides is 2. The monoisotopic (exact) mass is 445 g/mol. The highest BCUT2D eigenvalue weighted by molar-refractivity contribution is 5.88. The van der Waals surface area contributed by atoms with E-state index in [9.17, 15) is 4.79 Å². The van der Waals surface area contributed by atoms with Crippen LogP contribution in [-0.2, 0) is 4.74 Å². The van der Waals surface area contributed by atoms with Gasteiger partial charge in [0.05, 0.1) is 17.9 Å². The van der Waals surface area contributed by atoms with Gasteiger partial charge >= 0.3 is 6.03 Å². The second-order valence-electron chi connectivity index (χ2n) is 9.53. The summed E-state index contributed by atoms with van der Waals surface area (Å²) in [5.41, 5.74) is 6.62. The Kier molecular flexibility index (Phi) is 5.71. The minimum absolute atomic E-state index is 0.135. The van der Waals surface area contributed by atoms with Crippen molar-refractivity contribution in [1.29, 1.82) is 0 Å². The van der Waals surface area contributed by atoms with Gasteiger partial charge in [-0.2, -0.15) is 0 Å². The smallest absolute Gasteiger partial charge is 0.324 e. The van der Waals surface area contributed by atoms with Gasteiger partial charge in [-0.3, -0.25) is 5.32 Å². The van der Waals surface area contributed by atoms with Crippen molar-refractivity contribution in [2.45, 2.75) is 51.6 Å². The van der Waals surface area contributed by atoms with Gasteiger partial charge in [0.25, 0.3) is 0 Å². The summed E-state index contributed by atoms with van der Waals surface area (Å²) in [5, 5.41) is 6.77. The predicted octanol–water partition coefficient (Wildman–Crippen LogP) is 5.84. The maximum absolute atomic E-state index is 12.7. The number of nitrogens with one attached hydrogen (secondary N) is 1. The van der Waals surface area contributed by atoms with Crippen molar-refractivity contribution in [3.8, 4) is 11.1 Å². The Morgan fingerprint density at radius 2 is 1.82 bits per heavy atom. The van der Waals surface area contributed by atoms with E-state index in [4.69, 9.17) is 9.26 Å². The molecule has 1 N–H and O–H groups in total. The number of hydrogen-bond acceptors (Lipinski definition) is 4. The number of carbonyl (C=O) groups is 1. The molecule has 1 aromatic heterocycles. The van der Waals surface area contributed by atoms with Crippen molar-refractivity contribution in [2.75, 3.05) is 25.0 Å². The fraction of sp³-hybridized carbons (Fsp3) is 0.407. The van der Waals surface area contributed by atoms with Gasteiger partial charge < -0.3 is 14.2 Å². The molecule has 1 spiro atoms. The number of benzene rings is 2. The van der Waals surface area contributed by atoms with Crippen molar-refractivity contribution in [3.05, 3.63) is 70.9 Å². The first kappa shape index (κ1) is 21.7. The summed E-state index contributed by atoms with van der Waals surface area (Å²) in [6, 6.07) is 17.4. The van der Waals surface area contributed by atoms with Crippen LogP contribution in [0.5, 0.6) is 0 Å². The average molecular weight is 446 g/mol. The third kappa shape index (κ3) is 4.40. The molecule has 0 radical (unpaired) electrons. The SMILES string of the molecule is Cc1ccc(-c2cccc([C@H]3COC4(CCN(C(=O)Nc5onc(C)c5C)CC4)C3)c2)cc1. The predicted molar refractivity (Wildman–Crippen MR) is 128 cm³/mol. The molecule has 1 atom stereocenters. The normalized spacial score (nSPS) is 19.7. The number of rotatable bonds is 3. The number of likely N-dealkylation sites (tertiary alicyclic amines) is 1. The van der Waals surface area contributed by atoms with E-state index in [0.717, 1.165) is 37.1 Å². The van der Waals surface area contributed by atoms with Crippen LogP contribution in [0.4, 0.5) is 10.7 Å². The summed E-state index contributed by atoms with van der Waals surface area (Å²) in [7, 11) is 0. The number of ether oxygens (including phenoxy) is 1. The Balaban J connectivity index is 1.21. The van der Waals surface area contributed by atoms with Crippen LogP contribution in [0, 0.1) is 20.8 Å². The number of piperidine rings is 1. The highest BCUT2D eigenvalue weighted by Crippen LogP contribution is 2.43. The van der Waals surface area contributed by atoms with Crippen LogP contribution in [-0.4, -0.2) is 41.4 Å². The van der Waals surface area contributed by atoms with Gasteiger partial charge in [0.1, 0.15) is 0 Å². The van der Waals surface area contributed by atoms with Gasteiger partial charge in [-0.1, -0.05) is 59.3 Å². The zero-order valence-electron chi connectivity index (χ0n) is 19.6. The van der Waals surface area contributed by atoms with Crippen molar-refractivity contribution in [1.82, 2.24) is 10.1 Å². The minimum Gasteiger partial charge on any atom is -0.374 e. The molecule has 2 aliphatic heterocycles. The zero-order chi connectivity index (χ0) is 23.0. The summed E-state index contributed by atoms with van der Waals surface area (Å²) >= 11 is 0.